The Balaban J connectivity index is 1.81. The van der Waals surface area contributed by atoms with E-state index in [0.29, 0.717) is 16.5 Å². The minimum atomic E-state index is -1.43. The van der Waals surface area contributed by atoms with Gasteiger partial charge in [0.15, 0.2) is 11.8 Å². The van der Waals surface area contributed by atoms with Crippen LogP contribution in [0, 0.1) is 5.82 Å². The molecule has 3 rings (SSSR count). The van der Waals surface area contributed by atoms with E-state index in [1.54, 1.807) is 24.3 Å². The zero-order valence-electron chi connectivity index (χ0n) is 15.6. The molecule has 0 saturated carbocycles. The SMILES string of the molecule is O=C(NCCc1ccc(Cl)cc1Cl)[C@H](C(=O)c1ccc(F)cc1)n1ccccc1=O. The standard InChI is InChI=1S/C22H17Cl2FN2O3/c23-16-7-4-14(18(24)13-16)10-11-26-22(30)20(27-12-2-1-3-19(27)28)21(29)15-5-8-17(25)9-6-15/h1-9,12-13,20H,10-11H2,(H,26,30)/t20-/m0/s1. The summed E-state index contributed by atoms with van der Waals surface area (Å²) in [5.74, 6) is -1.78. The van der Waals surface area contributed by atoms with Gasteiger partial charge in [-0.3, -0.25) is 19.0 Å². The average Bonchev–Trinajstić information content (AvgIpc) is 2.71. The number of ketones is 1. The molecular weight excluding hydrogens is 430 g/mol. The number of carbonyl (C=O) groups is 2. The number of carbonyl (C=O) groups excluding carboxylic acids is 2. The first kappa shape index (κ1) is 21.7. The van der Waals surface area contributed by atoms with Crippen molar-refractivity contribution in [3.05, 3.63) is 104 Å². The van der Waals surface area contributed by atoms with Gasteiger partial charge in [-0.05, 0) is 54.4 Å². The largest absolute Gasteiger partial charge is 0.354 e. The van der Waals surface area contributed by atoms with Crippen LogP contribution in [0.15, 0.2) is 71.7 Å². The summed E-state index contributed by atoms with van der Waals surface area (Å²) in [6, 6.07) is 12.7. The Labute approximate surface area is 182 Å². The second-order valence-corrected chi connectivity index (χ2v) is 7.34. The van der Waals surface area contributed by atoms with Crippen molar-refractivity contribution in [2.24, 2.45) is 0 Å². The predicted molar refractivity (Wildman–Crippen MR) is 114 cm³/mol. The Morgan fingerprint density at radius 2 is 1.77 bits per heavy atom. The van der Waals surface area contributed by atoms with Crippen LogP contribution in [0.3, 0.4) is 0 Å². The van der Waals surface area contributed by atoms with Crippen molar-refractivity contribution in [2.45, 2.75) is 12.5 Å². The number of rotatable bonds is 7. The molecule has 0 spiro atoms. The van der Waals surface area contributed by atoms with Gasteiger partial charge in [-0.2, -0.15) is 0 Å². The molecule has 0 bridgehead atoms. The van der Waals surface area contributed by atoms with Crippen LogP contribution in [0.1, 0.15) is 22.0 Å². The van der Waals surface area contributed by atoms with E-state index < -0.39 is 29.1 Å². The minimum absolute atomic E-state index is 0.119. The molecule has 0 fully saturated rings. The fraction of sp³-hybridized carbons (Fsp3) is 0.136. The summed E-state index contributed by atoms with van der Waals surface area (Å²) in [5.41, 5.74) is 0.390. The lowest BCUT2D eigenvalue weighted by Gasteiger charge is -2.18. The van der Waals surface area contributed by atoms with E-state index >= 15 is 0 Å². The smallest absolute Gasteiger partial charge is 0.251 e. The maximum absolute atomic E-state index is 13.2. The molecule has 0 aliphatic heterocycles. The number of nitrogens with one attached hydrogen (secondary N) is 1. The number of pyridine rings is 1. The first-order valence-electron chi connectivity index (χ1n) is 9.05. The summed E-state index contributed by atoms with van der Waals surface area (Å²) in [6.45, 7) is 0.189. The number of hydrogen-bond acceptors (Lipinski definition) is 3. The monoisotopic (exact) mass is 446 g/mol. The number of amides is 1. The number of aromatic nitrogens is 1. The van der Waals surface area contributed by atoms with Crippen LogP contribution in [-0.4, -0.2) is 22.8 Å². The van der Waals surface area contributed by atoms with E-state index in [9.17, 15) is 18.8 Å². The summed E-state index contributed by atoms with van der Waals surface area (Å²) >= 11 is 12.0. The molecule has 5 nitrogen and oxygen atoms in total. The molecule has 8 heteroatoms. The summed E-state index contributed by atoms with van der Waals surface area (Å²) in [4.78, 5) is 38.2. The second-order valence-electron chi connectivity index (χ2n) is 6.50. The molecule has 1 atom stereocenters. The summed E-state index contributed by atoms with van der Waals surface area (Å²) in [5, 5.41) is 3.64. The second kappa shape index (κ2) is 9.69. The van der Waals surface area contributed by atoms with Gasteiger partial charge in [-0.25, -0.2) is 4.39 Å². The quantitative estimate of drug-likeness (QED) is 0.439. The van der Waals surface area contributed by atoms with Gasteiger partial charge in [0, 0.05) is 34.4 Å². The van der Waals surface area contributed by atoms with Crippen LogP contribution in [0.5, 0.6) is 0 Å². The van der Waals surface area contributed by atoms with Crippen molar-refractivity contribution in [3.63, 3.8) is 0 Å². The molecule has 30 heavy (non-hydrogen) atoms. The summed E-state index contributed by atoms with van der Waals surface area (Å²) < 4.78 is 14.3. The normalized spacial score (nSPS) is 11.7. The Morgan fingerprint density at radius 3 is 2.43 bits per heavy atom. The van der Waals surface area contributed by atoms with Crippen molar-refractivity contribution in [1.82, 2.24) is 9.88 Å². The first-order chi connectivity index (χ1) is 14.4. The molecule has 1 N–H and O–H groups in total. The Bertz CT molecular complexity index is 1130. The van der Waals surface area contributed by atoms with Crippen molar-refractivity contribution >= 4 is 34.9 Å². The predicted octanol–water partition coefficient (Wildman–Crippen LogP) is 4.08. The van der Waals surface area contributed by atoms with E-state index in [-0.39, 0.29) is 12.1 Å². The number of Topliss-reactive ketones (excluding diaryl/α,β-unsaturated/α-hetero) is 1. The molecule has 1 aromatic heterocycles. The molecule has 154 valence electrons. The van der Waals surface area contributed by atoms with Crippen LogP contribution >= 0.6 is 23.2 Å². The topological polar surface area (TPSA) is 68.2 Å². The fourth-order valence-electron chi connectivity index (χ4n) is 2.94. The maximum Gasteiger partial charge on any atom is 0.251 e. The zero-order valence-corrected chi connectivity index (χ0v) is 17.2. The number of hydrogen-bond donors (Lipinski definition) is 1. The highest BCUT2D eigenvalue weighted by Gasteiger charge is 2.29. The van der Waals surface area contributed by atoms with Gasteiger partial charge in [0.2, 0.25) is 0 Å². The third-order valence-electron chi connectivity index (χ3n) is 4.46. The van der Waals surface area contributed by atoms with Gasteiger partial charge in [-0.1, -0.05) is 35.3 Å². The van der Waals surface area contributed by atoms with Crippen LogP contribution in [0.4, 0.5) is 4.39 Å². The van der Waals surface area contributed by atoms with Crippen molar-refractivity contribution in [2.75, 3.05) is 6.54 Å². The Hall–Kier alpha value is -2.96. The van der Waals surface area contributed by atoms with Gasteiger partial charge >= 0.3 is 0 Å². The van der Waals surface area contributed by atoms with Gasteiger partial charge in [-0.15, -0.1) is 0 Å². The minimum Gasteiger partial charge on any atom is -0.354 e. The molecule has 0 radical (unpaired) electrons. The summed E-state index contributed by atoms with van der Waals surface area (Å²) in [6.07, 6.45) is 1.77. The van der Waals surface area contributed by atoms with E-state index in [2.05, 4.69) is 5.32 Å². The third-order valence-corrected chi connectivity index (χ3v) is 5.05. The molecule has 0 saturated heterocycles. The molecule has 3 aromatic rings. The highest BCUT2D eigenvalue weighted by molar-refractivity contribution is 6.35. The molecule has 0 unspecified atom stereocenters. The number of nitrogens with zero attached hydrogens (tertiary/aromatic N) is 1. The fourth-order valence-corrected chi connectivity index (χ4v) is 3.44. The molecule has 0 aliphatic carbocycles. The van der Waals surface area contributed by atoms with Crippen molar-refractivity contribution in [1.29, 1.82) is 0 Å². The van der Waals surface area contributed by atoms with E-state index in [4.69, 9.17) is 23.2 Å². The van der Waals surface area contributed by atoms with E-state index in [1.165, 1.54) is 30.5 Å². The number of halogens is 3. The van der Waals surface area contributed by atoms with Gasteiger partial charge in [0.05, 0.1) is 0 Å². The lowest BCUT2D eigenvalue weighted by atomic mass is 10.0. The van der Waals surface area contributed by atoms with Gasteiger partial charge in [0.1, 0.15) is 5.82 Å². The average molecular weight is 447 g/mol. The van der Waals surface area contributed by atoms with Crippen molar-refractivity contribution < 1.29 is 14.0 Å². The van der Waals surface area contributed by atoms with Crippen LogP contribution in [-0.2, 0) is 11.2 Å². The molecular formula is C22H17Cl2FN2O3. The first-order valence-corrected chi connectivity index (χ1v) is 9.81. The third kappa shape index (κ3) is 5.14. The number of benzene rings is 2. The lowest BCUT2D eigenvalue weighted by molar-refractivity contribution is -0.123. The zero-order chi connectivity index (χ0) is 21.7. The van der Waals surface area contributed by atoms with Crippen LogP contribution < -0.4 is 10.9 Å². The van der Waals surface area contributed by atoms with E-state index in [1.807, 2.05) is 0 Å². The molecule has 2 aromatic carbocycles. The molecule has 0 aliphatic rings. The van der Waals surface area contributed by atoms with Gasteiger partial charge < -0.3 is 5.32 Å². The molecule has 1 heterocycles. The maximum atomic E-state index is 13.2. The Kier molecular flexibility index (Phi) is 7.03. The lowest BCUT2D eigenvalue weighted by Crippen LogP contribution is -2.41. The van der Waals surface area contributed by atoms with Crippen LogP contribution in [0.25, 0.3) is 0 Å². The van der Waals surface area contributed by atoms with Gasteiger partial charge in [0.25, 0.3) is 11.5 Å². The summed E-state index contributed by atoms with van der Waals surface area (Å²) in [7, 11) is 0. The van der Waals surface area contributed by atoms with Crippen LogP contribution in [0.2, 0.25) is 10.0 Å². The van der Waals surface area contributed by atoms with E-state index in [0.717, 1.165) is 22.3 Å². The highest BCUT2D eigenvalue weighted by Crippen LogP contribution is 2.21. The highest BCUT2D eigenvalue weighted by atomic mass is 35.5. The van der Waals surface area contributed by atoms with Crippen molar-refractivity contribution in [3.8, 4) is 0 Å². The Morgan fingerprint density at radius 1 is 1.03 bits per heavy atom. The molecule has 1 amide bonds.